The minimum Gasteiger partial charge on any atom is -0.507 e. The Labute approximate surface area is 375 Å². The number of phenols is 2. The summed E-state index contributed by atoms with van der Waals surface area (Å²) in [5.74, 6) is -2.93. The molecule has 19 heteroatoms. The summed E-state index contributed by atoms with van der Waals surface area (Å²) < 4.78 is 35.0. The van der Waals surface area contributed by atoms with Crippen molar-refractivity contribution in [2.24, 2.45) is 30.4 Å². The number of hydrogen-bond acceptors (Lipinski definition) is 12. The molecule has 2 radical (unpaired) electrons. The summed E-state index contributed by atoms with van der Waals surface area (Å²) in [6.07, 6.45) is 0. The summed E-state index contributed by atoms with van der Waals surface area (Å²) in [6, 6.07) is 25.0. The number of aliphatic hydroxyl groups excluding tert-OH is 2. The van der Waals surface area contributed by atoms with Gasteiger partial charge in [0.25, 0.3) is 10.1 Å². The minimum atomic E-state index is -4.92. The van der Waals surface area contributed by atoms with Crippen LogP contribution in [0.3, 0.4) is 0 Å². The molecule has 0 spiro atoms. The number of carbonyl (C=O) groups is 1. The van der Waals surface area contributed by atoms with Gasteiger partial charge in [-0.05, 0) is 133 Å². The summed E-state index contributed by atoms with van der Waals surface area (Å²) in [6.45, 7) is 3.44. The molecule has 0 aromatic heterocycles. The van der Waals surface area contributed by atoms with E-state index < -0.39 is 38.2 Å². The van der Waals surface area contributed by atoms with Crippen molar-refractivity contribution in [1.82, 2.24) is 0 Å². The summed E-state index contributed by atoms with van der Waals surface area (Å²) in [4.78, 5) is 18.9. The van der Waals surface area contributed by atoms with E-state index in [0.717, 1.165) is 11.6 Å². The van der Waals surface area contributed by atoms with Crippen LogP contribution in [0.1, 0.15) is 32.6 Å². The molecule has 0 heterocycles. The van der Waals surface area contributed by atoms with E-state index in [4.69, 9.17) is 10.8 Å². The van der Waals surface area contributed by atoms with Gasteiger partial charge in [0.2, 0.25) is 11.8 Å². The number of carboxylic acid groups (broad SMARTS) is 1. The predicted octanol–water partition coefficient (Wildman–Crippen LogP) is 8.74. The van der Waals surface area contributed by atoms with E-state index in [1.165, 1.54) is 48.5 Å². The van der Waals surface area contributed by atoms with Crippen LogP contribution < -0.4 is 5.73 Å². The normalized spacial score (nSPS) is 12.1. The second-order valence-electron chi connectivity index (χ2n) is 12.3. The zero-order chi connectivity index (χ0) is 40.3. The Morgan fingerprint density at radius 2 is 1.19 bits per heavy atom. The number of benzene rings is 6. The molecule has 0 saturated heterocycles. The molecule has 0 bridgehead atoms. The average molecular weight is 820 g/mol. The van der Waals surface area contributed by atoms with Gasteiger partial charge in [0.05, 0.1) is 28.4 Å². The number of anilines is 1. The monoisotopic (exact) mass is 819 g/mol. The van der Waals surface area contributed by atoms with Crippen LogP contribution in [0.15, 0.2) is 138 Å². The van der Waals surface area contributed by atoms with Crippen LogP contribution >= 0.6 is 0 Å². The van der Waals surface area contributed by atoms with Gasteiger partial charge in [-0.15, -0.1) is 5.11 Å². The number of hydrogen-bond donors (Lipinski definition) is 7. The molecule has 0 unspecified atom stereocenters. The quantitative estimate of drug-likeness (QED) is 0.0172. The number of fused-ring (bicyclic) bond motifs is 1. The maximum atomic E-state index is 12.4. The number of rotatable bonds is 10. The van der Waals surface area contributed by atoms with E-state index in [-0.39, 0.29) is 104 Å². The number of phenolic OH excluding ortho intramolecular Hbond substituents is 1. The molecule has 284 valence electrons. The van der Waals surface area contributed by atoms with E-state index in [0.29, 0.717) is 33.8 Å². The van der Waals surface area contributed by atoms with Gasteiger partial charge < -0.3 is 31.3 Å². The Hall–Kier alpha value is -5.50. The van der Waals surface area contributed by atoms with Crippen molar-refractivity contribution < 1.29 is 43.3 Å². The van der Waals surface area contributed by atoms with Crippen molar-refractivity contribution in [2.75, 3.05) is 5.73 Å². The number of aromatic hydroxyl groups is 2. The molecule has 0 saturated carbocycles. The number of aliphatic hydroxyl groups is 2. The molecule has 0 fully saturated rings. The number of azo groups is 2. The van der Waals surface area contributed by atoms with E-state index in [9.17, 15) is 38.2 Å². The molecule has 0 aliphatic heterocycles. The summed E-state index contributed by atoms with van der Waals surface area (Å²) >= 11 is 0. The zero-order valence-electron chi connectivity index (χ0n) is 31.4. The second kappa shape index (κ2) is 18.8. The maximum Gasteiger partial charge on any atom is 0.339 e. The number of aliphatic imine (C=N–C) groups is 2. The van der Waals surface area contributed by atoms with Gasteiger partial charge in [0.1, 0.15) is 21.9 Å². The maximum absolute atomic E-state index is 12.4. The molecule has 0 atom stereocenters. The molecule has 6 rings (SSSR count). The minimum absolute atomic E-state index is 0. The van der Waals surface area contributed by atoms with Crippen molar-refractivity contribution in [3.8, 4) is 11.5 Å². The van der Waals surface area contributed by atoms with E-state index in [1.54, 1.807) is 62.4 Å². The Bertz CT molecular complexity index is 2800. The fraction of sp³-hybridized carbons (Fsp3) is 0.0513. The van der Waals surface area contributed by atoms with Gasteiger partial charge in [-0.2, -0.15) is 23.8 Å². The first kappa shape index (κ1) is 45.2. The first-order valence-corrected chi connectivity index (χ1v) is 17.8. The van der Waals surface area contributed by atoms with Crippen LogP contribution in [0.2, 0.25) is 0 Å². The molecular formula is C39H31N7Na2O9S. The van der Waals surface area contributed by atoms with Crippen molar-refractivity contribution in [2.45, 2.75) is 18.7 Å². The number of nitrogen functional groups attached to an aromatic ring is 1. The molecule has 58 heavy (non-hydrogen) atoms. The van der Waals surface area contributed by atoms with Gasteiger partial charge in [0.15, 0.2) is 5.75 Å². The number of nitrogens with zero attached hydrogens (tertiary/aromatic N) is 6. The summed E-state index contributed by atoms with van der Waals surface area (Å²) in [5.41, 5.74) is 9.00. The second-order valence-corrected chi connectivity index (χ2v) is 13.7. The van der Waals surface area contributed by atoms with Crippen LogP contribution in [0.25, 0.3) is 10.8 Å². The number of aromatic carboxylic acids is 1. The fourth-order valence-electron chi connectivity index (χ4n) is 5.37. The largest absolute Gasteiger partial charge is 0.507 e. The van der Waals surface area contributed by atoms with E-state index in [1.807, 2.05) is 0 Å². The third-order valence-electron chi connectivity index (χ3n) is 8.36. The molecule has 0 amide bonds. The summed E-state index contributed by atoms with van der Waals surface area (Å²) in [7, 11) is -4.92. The van der Waals surface area contributed by atoms with Crippen molar-refractivity contribution in [1.29, 1.82) is 0 Å². The van der Waals surface area contributed by atoms with Crippen LogP contribution in [0.4, 0.5) is 39.8 Å². The third-order valence-corrected chi connectivity index (χ3v) is 9.23. The van der Waals surface area contributed by atoms with Crippen LogP contribution in [-0.4, -0.2) is 115 Å². The number of aryl methyl sites for hydroxylation is 2. The number of carboxylic acids is 1. The molecule has 0 aliphatic carbocycles. The third kappa shape index (κ3) is 10.5. The average Bonchev–Trinajstić information content (AvgIpc) is 3.15. The smallest absolute Gasteiger partial charge is 0.339 e. The Morgan fingerprint density at radius 3 is 1.81 bits per heavy atom. The van der Waals surface area contributed by atoms with Gasteiger partial charge in [-0.1, -0.05) is 0 Å². The molecule has 6 aromatic rings. The standard InChI is InChI=1S/C39H31N7O9S.2Na/c1-20-15-22(3-12-31(20)40)38(50)42-27-9-11-29-24(17-27)18-34(56(53,54)55)35(36(29)48)46-45-32-13-4-23(16-21(32)2)37(49)41-25-5-7-26(8-6-25)43-44-28-10-14-33(47)30(19-28)39(51)52;;/h3-19,47-48H,40H2,1-2H3,(H,41,49)(H,42,50)(H,51,52)(H,53,54,55);;. The van der Waals surface area contributed by atoms with Gasteiger partial charge in [0, 0.05) is 81.3 Å². The van der Waals surface area contributed by atoms with Crippen LogP contribution in [0, 0.1) is 13.8 Å². The topological polar surface area (TPSA) is 273 Å². The van der Waals surface area contributed by atoms with Crippen molar-refractivity contribution in [3.63, 3.8) is 0 Å². The van der Waals surface area contributed by atoms with Gasteiger partial charge in [-0.3, -0.25) is 4.55 Å². The molecule has 16 nitrogen and oxygen atoms in total. The Morgan fingerprint density at radius 1 is 0.621 bits per heavy atom. The van der Waals surface area contributed by atoms with Crippen molar-refractivity contribution >= 4 is 138 Å². The molecule has 8 N–H and O–H groups in total. The van der Waals surface area contributed by atoms with E-state index in [2.05, 4.69) is 30.4 Å². The molecule has 0 aliphatic rings. The van der Waals surface area contributed by atoms with Gasteiger partial charge >= 0.3 is 5.97 Å². The van der Waals surface area contributed by atoms with Crippen LogP contribution in [0.5, 0.6) is 11.5 Å². The Kier molecular flexibility index (Phi) is 14.7. The first-order valence-electron chi connectivity index (χ1n) is 16.4. The fourth-order valence-corrected chi connectivity index (χ4v) is 6.03. The SMILES string of the molecule is Cc1cc(C(O)=Nc2ccc3c(O)c(N=Nc4ccc(C(O)=Nc5ccc(N=Nc6ccc(O)c(C(=O)O)c6)cc5)cc4C)c(S(=O)(=O)O)cc3c2)ccc1N.[Na].[Na]. The molecule has 6 aromatic carbocycles. The summed E-state index contributed by atoms with van der Waals surface area (Å²) in [5, 5.41) is 67.8. The van der Waals surface area contributed by atoms with Crippen LogP contribution in [-0.2, 0) is 10.1 Å². The predicted molar refractivity (Wildman–Crippen MR) is 221 cm³/mol. The zero-order valence-corrected chi connectivity index (χ0v) is 36.2. The van der Waals surface area contributed by atoms with E-state index >= 15 is 0 Å². The first-order chi connectivity index (χ1) is 26.6. The van der Waals surface area contributed by atoms with Gasteiger partial charge in [-0.25, -0.2) is 14.8 Å². The van der Waals surface area contributed by atoms with Crippen molar-refractivity contribution in [3.05, 3.63) is 131 Å². The Balaban J connectivity index is 0.00000372. The molecular weight excluding hydrogens is 789 g/mol. The number of nitrogens with two attached hydrogens (primary N) is 1.